The number of pyridine rings is 1. The van der Waals surface area contributed by atoms with Gasteiger partial charge in [-0.1, -0.05) is 6.92 Å². The van der Waals surface area contributed by atoms with Crippen molar-refractivity contribution < 1.29 is 4.79 Å². The minimum atomic E-state index is -0.138. The van der Waals surface area contributed by atoms with E-state index in [1.807, 2.05) is 6.26 Å². The van der Waals surface area contributed by atoms with Crippen LogP contribution in [0.5, 0.6) is 0 Å². The zero-order valence-electron chi connectivity index (χ0n) is 9.56. The molecule has 0 aromatic carbocycles. The van der Waals surface area contributed by atoms with Crippen molar-refractivity contribution in [2.45, 2.75) is 19.4 Å². The number of carbonyl (C=O) groups is 1. The fraction of sp³-hybridized carbons (Fsp3) is 0.455. The number of aromatic nitrogens is 1. The molecule has 1 unspecified atom stereocenters. The number of hydrogen-bond donors (Lipinski definition) is 2. The lowest BCUT2D eigenvalue weighted by molar-refractivity contribution is 0.0935. The fourth-order valence-electron chi connectivity index (χ4n) is 1.26. The molecule has 0 radical (unpaired) electrons. The van der Waals surface area contributed by atoms with Crippen molar-refractivity contribution in [2.75, 3.05) is 17.7 Å². The topological polar surface area (TPSA) is 68.0 Å². The number of nitrogen functional groups attached to an aromatic ring is 1. The molecule has 0 saturated heterocycles. The van der Waals surface area contributed by atoms with Crippen LogP contribution < -0.4 is 11.1 Å². The van der Waals surface area contributed by atoms with Crippen LogP contribution in [0, 0.1) is 0 Å². The van der Waals surface area contributed by atoms with Gasteiger partial charge in [0.2, 0.25) is 0 Å². The lowest BCUT2D eigenvalue weighted by Gasteiger charge is -2.15. The summed E-state index contributed by atoms with van der Waals surface area (Å²) in [6.45, 7) is 2.05. The number of hydrogen-bond acceptors (Lipinski definition) is 4. The van der Waals surface area contributed by atoms with E-state index in [9.17, 15) is 4.79 Å². The van der Waals surface area contributed by atoms with Crippen LogP contribution in [0.4, 0.5) is 5.69 Å². The highest BCUT2D eigenvalue weighted by Crippen LogP contribution is 2.04. The molecular formula is C11H17N3OS. The second kappa shape index (κ2) is 6.37. The van der Waals surface area contributed by atoms with Gasteiger partial charge in [-0.2, -0.15) is 11.8 Å². The van der Waals surface area contributed by atoms with Gasteiger partial charge in [0, 0.05) is 11.8 Å². The van der Waals surface area contributed by atoms with Gasteiger partial charge < -0.3 is 11.1 Å². The van der Waals surface area contributed by atoms with Crippen LogP contribution in [0.15, 0.2) is 18.3 Å². The minimum absolute atomic E-state index is 0.138. The van der Waals surface area contributed by atoms with E-state index in [1.165, 1.54) is 6.20 Å². The summed E-state index contributed by atoms with van der Waals surface area (Å²) in [6.07, 6.45) is 4.43. The van der Waals surface area contributed by atoms with Gasteiger partial charge in [-0.15, -0.1) is 0 Å². The van der Waals surface area contributed by atoms with Crippen molar-refractivity contribution in [3.05, 3.63) is 24.0 Å². The second-order valence-electron chi connectivity index (χ2n) is 3.51. The van der Waals surface area contributed by atoms with Crippen molar-refractivity contribution in [1.29, 1.82) is 0 Å². The number of amides is 1. The molecule has 1 amide bonds. The Labute approximate surface area is 100 Å². The number of nitrogens with one attached hydrogen (secondary N) is 1. The van der Waals surface area contributed by atoms with Gasteiger partial charge in [-0.05, 0) is 24.8 Å². The third-order valence-electron chi connectivity index (χ3n) is 2.21. The van der Waals surface area contributed by atoms with Crippen LogP contribution in [-0.4, -0.2) is 28.9 Å². The van der Waals surface area contributed by atoms with Crippen LogP contribution in [0.3, 0.4) is 0 Å². The Bertz CT molecular complexity index is 340. The van der Waals surface area contributed by atoms with Gasteiger partial charge in [-0.3, -0.25) is 4.79 Å². The molecule has 0 aliphatic carbocycles. The first-order chi connectivity index (χ1) is 7.67. The summed E-state index contributed by atoms with van der Waals surface area (Å²) >= 11 is 1.72. The molecule has 3 N–H and O–H groups in total. The standard InChI is InChI=1S/C11H17N3OS/c1-3-9(7-16-2)14-11(15)10-5-4-8(12)6-13-10/h4-6,9H,3,7,12H2,1-2H3,(H,14,15). The van der Waals surface area contributed by atoms with Crippen molar-refractivity contribution in [3.63, 3.8) is 0 Å². The van der Waals surface area contributed by atoms with Gasteiger partial charge >= 0.3 is 0 Å². The second-order valence-corrected chi connectivity index (χ2v) is 4.42. The summed E-state index contributed by atoms with van der Waals surface area (Å²) in [4.78, 5) is 15.8. The number of rotatable bonds is 5. The maximum atomic E-state index is 11.8. The van der Waals surface area contributed by atoms with E-state index in [0.29, 0.717) is 11.4 Å². The van der Waals surface area contributed by atoms with Crippen LogP contribution in [0.2, 0.25) is 0 Å². The molecule has 0 bridgehead atoms. The third kappa shape index (κ3) is 3.73. The maximum Gasteiger partial charge on any atom is 0.270 e. The van der Waals surface area contributed by atoms with Gasteiger partial charge in [0.05, 0.1) is 11.9 Å². The molecule has 0 aliphatic heterocycles. The number of carbonyl (C=O) groups excluding carboxylic acids is 1. The summed E-state index contributed by atoms with van der Waals surface area (Å²) in [6, 6.07) is 3.51. The molecule has 5 heteroatoms. The summed E-state index contributed by atoms with van der Waals surface area (Å²) in [7, 11) is 0. The van der Waals surface area contributed by atoms with E-state index in [4.69, 9.17) is 5.73 Å². The Morgan fingerprint density at radius 3 is 2.88 bits per heavy atom. The third-order valence-corrected chi connectivity index (χ3v) is 2.95. The predicted molar refractivity (Wildman–Crippen MR) is 68.6 cm³/mol. The van der Waals surface area contributed by atoms with Crippen molar-refractivity contribution in [2.24, 2.45) is 0 Å². The first-order valence-electron chi connectivity index (χ1n) is 5.18. The van der Waals surface area contributed by atoms with E-state index in [2.05, 4.69) is 17.2 Å². The van der Waals surface area contributed by atoms with E-state index in [-0.39, 0.29) is 11.9 Å². The van der Waals surface area contributed by atoms with Crippen molar-refractivity contribution >= 4 is 23.4 Å². The molecule has 0 aliphatic rings. The summed E-state index contributed by atoms with van der Waals surface area (Å²) in [5.74, 6) is 0.776. The average molecular weight is 239 g/mol. The van der Waals surface area contributed by atoms with E-state index >= 15 is 0 Å². The monoisotopic (exact) mass is 239 g/mol. The molecule has 1 aromatic rings. The number of thioether (sulfide) groups is 1. The quantitative estimate of drug-likeness (QED) is 0.817. The van der Waals surface area contributed by atoms with Gasteiger partial charge in [0.25, 0.3) is 5.91 Å². The molecule has 4 nitrogen and oxygen atoms in total. The molecule has 1 rings (SSSR count). The molecular weight excluding hydrogens is 222 g/mol. The average Bonchev–Trinajstić information content (AvgIpc) is 2.29. The lowest BCUT2D eigenvalue weighted by atomic mass is 10.2. The molecule has 1 atom stereocenters. The number of anilines is 1. The van der Waals surface area contributed by atoms with Crippen LogP contribution in [0.1, 0.15) is 23.8 Å². The Morgan fingerprint density at radius 1 is 1.62 bits per heavy atom. The zero-order chi connectivity index (χ0) is 12.0. The van der Waals surface area contributed by atoms with E-state index < -0.39 is 0 Å². The van der Waals surface area contributed by atoms with Gasteiger partial charge in [0.1, 0.15) is 5.69 Å². The Balaban J connectivity index is 2.60. The fourth-order valence-corrected chi connectivity index (χ4v) is 1.98. The first-order valence-corrected chi connectivity index (χ1v) is 6.58. The van der Waals surface area contributed by atoms with Crippen LogP contribution >= 0.6 is 11.8 Å². The normalized spacial score (nSPS) is 12.1. The molecule has 88 valence electrons. The smallest absolute Gasteiger partial charge is 0.270 e. The van der Waals surface area contributed by atoms with Gasteiger partial charge in [0.15, 0.2) is 0 Å². The minimum Gasteiger partial charge on any atom is -0.397 e. The van der Waals surface area contributed by atoms with E-state index in [1.54, 1.807) is 23.9 Å². The van der Waals surface area contributed by atoms with Gasteiger partial charge in [-0.25, -0.2) is 4.98 Å². The first kappa shape index (κ1) is 12.8. The SMILES string of the molecule is CCC(CSC)NC(=O)c1ccc(N)cn1. The Kier molecular flexibility index (Phi) is 5.11. The van der Waals surface area contributed by atoms with Crippen molar-refractivity contribution in [3.8, 4) is 0 Å². The van der Waals surface area contributed by atoms with Crippen LogP contribution in [-0.2, 0) is 0 Å². The molecule has 0 saturated carbocycles. The molecule has 1 aromatic heterocycles. The Morgan fingerprint density at radius 2 is 2.38 bits per heavy atom. The summed E-state index contributed by atoms with van der Waals surface area (Å²) in [5.41, 5.74) is 6.48. The predicted octanol–water partition coefficient (Wildman–Crippen LogP) is 1.54. The van der Waals surface area contributed by atoms with E-state index in [0.717, 1.165) is 12.2 Å². The van der Waals surface area contributed by atoms with Crippen LogP contribution in [0.25, 0.3) is 0 Å². The molecule has 16 heavy (non-hydrogen) atoms. The molecule has 1 heterocycles. The highest BCUT2D eigenvalue weighted by Gasteiger charge is 2.12. The highest BCUT2D eigenvalue weighted by molar-refractivity contribution is 7.98. The lowest BCUT2D eigenvalue weighted by Crippen LogP contribution is -2.36. The Hall–Kier alpha value is -1.23. The largest absolute Gasteiger partial charge is 0.397 e. The summed E-state index contributed by atoms with van der Waals surface area (Å²) in [5, 5.41) is 2.94. The van der Waals surface area contributed by atoms with Crippen molar-refractivity contribution in [1.82, 2.24) is 10.3 Å². The summed E-state index contributed by atoms with van der Waals surface area (Å²) < 4.78 is 0. The zero-order valence-corrected chi connectivity index (χ0v) is 10.4. The molecule has 0 spiro atoms. The number of nitrogens with zero attached hydrogens (tertiary/aromatic N) is 1. The molecule has 0 fully saturated rings. The maximum absolute atomic E-state index is 11.8. The highest BCUT2D eigenvalue weighted by atomic mass is 32.2. The number of nitrogens with two attached hydrogens (primary N) is 1.